The summed E-state index contributed by atoms with van der Waals surface area (Å²) < 4.78 is 32.0. The lowest BCUT2D eigenvalue weighted by atomic mass is 9.98. The number of allylic oxidation sites excluding steroid dienone is 2. The van der Waals surface area contributed by atoms with Gasteiger partial charge in [0, 0.05) is 23.2 Å². The highest BCUT2D eigenvalue weighted by atomic mass is 19.1. The number of hydrogen-bond acceptors (Lipinski definition) is 7. The number of carboxylic acids is 1. The van der Waals surface area contributed by atoms with Gasteiger partial charge in [-0.2, -0.15) is 0 Å². The normalized spacial score (nSPS) is 16.3. The molecule has 3 rings (SSSR count). The molecule has 1 aromatic heterocycles. The first-order valence-electron chi connectivity index (χ1n) is 12.1. The van der Waals surface area contributed by atoms with Crippen LogP contribution >= 0.6 is 0 Å². The first kappa shape index (κ1) is 27.4. The van der Waals surface area contributed by atoms with E-state index in [1.807, 2.05) is 6.07 Å². The number of likely N-dealkylation sites (tertiary alicyclic amines) is 1. The molecule has 1 aliphatic rings. The van der Waals surface area contributed by atoms with Crippen molar-refractivity contribution in [1.29, 1.82) is 0 Å². The first-order valence-corrected chi connectivity index (χ1v) is 12.1. The van der Waals surface area contributed by atoms with Gasteiger partial charge in [-0.1, -0.05) is 6.08 Å². The number of benzene rings is 1. The van der Waals surface area contributed by atoms with Crippen LogP contribution in [0.25, 0.3) is 10.9 Å². The lowest BCUT2D eigenvalue weighted by Gasteiger charge is -2.28. The molecule has 1 aliphatic heterocycles. The molecule has 0 amide bonds. The average Bonchev–Trinajstić information content (AvgIpc) is 2.84. The summed E-state index contributed by atoms with van der Waals surface area (Å²) in [5.41, 5.74) is -0.0543. The molecule has 0 radical (unpaired) electrons. The molecular formula is C27H36FN3O5. The molecule has 2 heterocycles. The molecule has 36 heavy (non-hydrogen) atoms. The molecule has 0 unspecified atom stereocenters. The number of fused-ring (bicyclic) bond motifs is 1. The van der Waals surface area contributed by atoms with Crippen LogP contribution in [0.3, 0.4) is 0 Å². The summed E-state index contributed by atoms with van der Waals surface area (Å²) in [6.07, 6.45) is 6.94. The number of rotatable bonds is 11. The standard InChI is InChI=1S/C27H36FN3O5/c1-18(28)22(6-10-27(2,3)30-16-26(32)33)36-23-7-11-29-21-15-25(24(34-5)14-20(21)23)35-17-19-8-12-31(4)13-9-19/h6-7,10-11,14-15,19,30H,8-9,12-13,16-17H2,1-5H3,(H,32,33)/b10-6-,22-18-. The molecule has 1 saturated heterocycles. The van der Waals surface area contributed by atoms with Gasteiger partial charge in [0.2, 0.25) is 0 Å². The average molecular weight is 502 g/mol. The number of nitrogens with one attached hydrogen (secondary N) is 1. The summed E-state index contributed by atoms with van der Waals surface area (Å²) in [7, 11) is 3.71. The third-order valence-corrected chi connectivity index (χ3v) is 6.21. The van der Waals surface area contributed by atoms with E-state index < -0.39 is 17.3 Å². The van der Waals surface area contributed by atoms with Gasteiger partial charge >= 0.3 is 5.97 Å². The fourth-order valence-corrected chi connectivity index (χ4v) is 3.91. The van der Waals surface area contributed by atoms with Crippen molar-refractivity contribution in [1.82, 2.24) is 15.2 Å². The van der Waals surface area contributed by atoms with Crippen molar-refractivity contribution in [3.05, 3.63) is 48.1 Å². The number of piperidine rings is 1. The second kappa shape index (κ2) is 12.2. The molecule has 2 N–H and O–H groups in total. The second-order valence-electron chi connectivity index (χ2n) is 9.69. The largest absolute Gasteiger partial charge is 0.493 e. The van der Waals surface area contributed by atoms with E-state index in [-0.39, 0.29) is 12.3 Å². The molecule has 0 atom stereocenters. The van der Waals surface area contributed by atoms with Gasteiger partial charge < -0.3 is 24.2 Å². The van der Waals surface area contributed by atoms with E-state index in [2.05, 4.69) is 22.2 Å². The van der Waals surface area contributed by atoms with Crippen LogP contribution in [0.2, 0.25) is 0 Å². The van der Waals surface area contributed by atoms with Gasteiger partial charge in [-0.25, -0.2) is 4.39 Å². The Morgan fingerprint density at radius 1 is 1.28 bits per heavy atom. The molecule has 0 bridgehead atoms. The number of carbonyl (C=O) groups is 1. The van der Waals surface area contributed by atoms with Crippen LogP contribution in [-0.4, -0.2) is 66.9 Å². The summed E-state index contributed by atoms with van der Waals surface area (Å²) in [6.45, 7) is 7.40. The fraction of sp³-hybridized carbons (Fsp3) is 0.481. The highest BCUT2D eigenvalue weighted by molar-refractivity contribution is 5.88. The number of methoxy groups -OCH3 is 1. The second-order valence-corrected chi connectivity index (χ2v) is 9.69. The molecule has 1 aromatic carbocycles. The van der Waals surface area contributed by atoms with Crippen molar-refractivity contribution in [2.45, 2.75) is 39.2 Å². The van der Waals surface area contributed by atoms with Crippen molar-refractivity contribution in [2.24, 2.45) is 5.92 Å². The summed E-state index contributed by atoms with van der Waals surface area (Å²) >= 11 is 0. The Balaban J connectivity index is 1.81. The molecule has 0 spiro atoms. The number of aromatic nitrogens is 1. The Morgan fingerprint density at radius 2 is 2.00 bits per heavy atom. The Morgan fingerprint density at radius 3 is 2.64 bits per heavy atom. The molecule has 196 valence electrons. The van der Waals surface area contributed by atoms with Crippen molar-refractivity contribution in [3.63, 3.8) is 0 Å². The van der Waals surface area contributed by atoms with E-state index in [0.717, 1.165) is 25.9 Å². The first-order chi connectivity index (χ1) is 17.1. The summed E-state index contributed by atoms with van der Waals surface area (Å²) in [6, 6.07) is 5.26. The van der Waals surface area contributed by atoms with E-state index in [4.69, 9.17) is 19.3 Å². The third kappa shape index (κ3) is 7.66. The predicted molar refractivity (Wildman–Crippen MR) is 137 cm³/mol. The number of nitrogens with zero attached hydrogens (tertiary/aromatic N) is 2. The van der Waals surface area contributed by atoms with Crippen LogP contribution in [0, 0.1) is 5.92 Å². The molecule has 0 aliphatic carbocycles. The number of carboxylic acid groups (broad SMARTS) is 1. The lowest BCUT2D eigenvalue weighted by molar-refractivity contribution is -0.136. The SMILES string of the molecule is COc1cc2c(OC(/C=C\C(C)(C)NCC(=O)O)=C(/C)F)ccnc2cc1OCC1CCN(C)CC1. The van der Waals surface area contributed by atoms with Gasteiger partial charge in [0.25, 0.3) is 0 Å². The smallest absolute Gasteiger partial charge is 0.317 e. The molecule has 0 saturated carbocycles. The third-order valence-electron chi connectivity index (χ3n) is 6.21. The summed E-state index contributed by atoms with van der Waals surface area (Å²) in [5.74, 6) is 0.572. The minimum atomic E-state index is -0.975. The van der Waals surface area contributed by atoms with Gasteiger partial charge in [-0.05, 0) is 77.9 Å². The Bertz CT molecular complexity index is 1120. The van der Waals surface area contributed by atoms with Gasteiger partial charge in [-0.15, -0.1) is 0 Å². The Hall–Kier alpha value is -3.17. The van der Waals surface area contributed by atoms with Crippen molar-refractivity contribution >= 4 is 16.9 Å². The van der Waals surface area contributed by atoms with E-state index in [0.29, 0.717) is 40.7 Å². The van der Waals surface area contributed by atoms with Crippen LogP contribution < -0.4 is 19.5 Å². The monoisotopic (exact) mass is 501 g/mol. The van der Waals surface area contributed by atoms with Crippen LogP contribution in [-0.2, 0) is 4.79 Å². The number of aliphatic carboxylic acids is 1. The zero-order valence-electron chi connectivity index (χ0n) is 21.6. The van der Waals surface area contributed by atoms with Crippen molar-refractivity contribution < 1.29 is 28.5 Å². The van der Waals surface area contributed by atoms with Crippen molar-refractivity contribution in [3.8, 4) is 17.2 Å². The van der Waals surface area contributed by atoms with Crippen LogP contribution in [0.4, 0.5) is 4.39 Å². The quantitative estimate of drug-likeness (QED) is 0.342. The molecule has 8 nitrogen and oxygen atoms in total. The summed E-state index contributed by atoms with van der Waals surface area (Å²) in [4.78, 5) is 17.6. The van der Waals surface area contributed by atoms with Gasteiger partial charge in [0.05, 0.1) is 25.8 Å². The summed E-state index contributed by atoms with van der Waals surface area (Å²) in [5, 5.41) is 12.4. The zero-order chi connectivity index (χ0) is 26.3. The Kier molecular flexibility index (Phi) is 9.28. The molecule has 2 aromatic rings. The minimum absolute atomic E-state index is 0.00857. The lowest BCUT2D eigenvalue weighted by Crippen LogP contribution is -2.40. The maximum atomic E-state index is 14.4. The van der Waals surface area contributed by atoms with Gasteiger partial charge in [0.15, 0.2) is 17.3 Å². The Labute approximate surface area is 211 Å². The number of halogens is 1. The highest BCUT2D eigenvalue weighted by Crippen LogP contribution is 2.37. The number of ether oxygens (including phenoxy) is 3. The van der Waals surface area contributed by atoms with Gasteiger partial charge in [0.1, 0.15) is 11.6 Å². The van der Waals surface area contributed by atoms with E-state index in [1.165, 1.54) is 13.0 Å². The van der Waals surface area contributed by atoms with Crippen LogP contribution in [0.5, 0.6) is 17.2 Å². The van der Waals surface area contributed by atoms with E-state index in [1.54, 1.807) is 45.4 Å². The van der Waals surface area contributed by atoms with Gasteiger partial charge in [-0.3, -0.25) is 15.1 Å². The molecule has 1 fully saturated rings. The van der Waals surface area contributed by atoms with E-state index >= 15 is 0 Å². The minimum Gasteiger partial charge on any atom is -0.493 e. The topological polar surface area (TPSA) is 93.2 Å². The van der Waals surface area contributed by atoms with Crippen molar-refractivity contribution in [2.75, 3.05) is 40.4 Å². The zero-order valence-corrected chi connectivity index (χ0v) is 21.6. The highest BCUT2D eigenvalue weighted by Gasteiger charge is 2.20. The number of pyridine rings is 1. The maximum Gasteiger partial charge on any atom is 0.317 e. The molecular weight excluding hydrogens is 465 g/mol. The van der Waals surface area contributed by atoms with E-state index in [9.17, 15) is 9.18 Å². The fourth-order valence-electron chi connectivity index (χ4n) is 3.91. The number of hydrogen-bond donors (Lipinski definition) is 2. The van der Waals surface area contributed by atoms with Crippen LogP contribution in [0.15, 0.2) is 48.1 Å². The molecule has 9 heteroatoms. The predicted octanol–water partition coefficient (Wildman–Crippen LogP) is 4.55. The van der Waals surface area contributed by atoms with Crippen LogP contribution in [0.1, 0.15) is 33.6 Å². The maximum absolute atomic E-state index is 14.4.